The van der Waals surface area contributed by atoms with Crippen molar-refractivity contribution in [3.8, 4) is 0 Å². The Morgan fingerprint density at radius 2 is 2.50 bits per heavy atom. The average Bonchev–Trinajstić information content (AvgIpc) is 1.90. The van der Waals surface area contributed by atoms with Gasteiger partial charge in [-0.1, -0.05) is 6.58 Å². The number of rotatable bonds is 1. The highest BCUT2D eigenvalue weighted by Gasteiger charge is 1.80. The lowest BCUT2D eigenvalue weighted by atomic mass is 10.4. The first kappa shape index (κ1) is 4.90. The van der Waals surface area contributed by atoms with E-state index >= 15 is 0 Å². The van der Waals surface area contributed by atoms with Crippen LogP contribution < -0.4 is 0 Å². The lowest BCUT2D eigenvalue weighted by Crippen LogP contribution is -1.85. The quantitative estimate of drug-likeness (QED) is 0.525. The molecule has 0 N–H and O–H groups in total. The molecule has 40 valence electrons. The predicted octanol–water partition coefficient (Wildman–Crippen LogP) is 0.515. The first-order valence-electron chi connectivity index (χ1n) is 2.20. The Labute approximate surface area is 47.1 Å². The Kier molecular flexibility index (Phi) is 1.32. The van der Waals surface area contributed by atoms with E-state index in [9.17, 15) is 0 Å². The molecule has 0 unspecified atom stereocenters. The summed E-state index contributed by atoms with van der Waals surface area (Å²) in [5.41, 5.74) is 0.750. The van der Waals surface area contributed by atoms with Crippen molar-refractivity contribution in [2.75, 3.05) is 0 Å². The van der Waals surface area contributed by atoms with Gasteiger partial charge in [0.2, 0.25) is 0 Å². The van der Waals surface area contributed by atoms with E-state index in [0.717, 1.165) is 5.69 Å². The molecule has 3 heteroatoms. The van der Waals surface area contributed by atoms with Crippen LogP contribution in [-0.4, -0.2) is 15.4 Å². The SMILES string of the molecule is C=Cc1ccnnn1. The molecule has 0 fully saturated rings. The molecule has 0 aromatic carbocycles. The normalized spacial score (nSPS) is 8.50. The molecule has 0 radical (unpaired) electrons. The molecule has 0 saturated carbocycles. The maximum Gasteiger partial charge on any atom is 0.0885 e. The van der Waals surface area contributed by atoms with Gasteiger partial charge in [0.25, 0.3) is 0 Å². The maximum atomic E-state index is 3.62. The van der Waals surface area contributed by atoms with E-state index in [2.05, 4.69) is 22.0 Å². The molecule has 3 nitrogen and oxygen atoms in total. The molecule has 0 spiro atoms. The summed E-state index contributed by atoms with van der Waals surface area (Å²) in [6.07, 6.45) is 3.19. The Hall–Kier alpha value is -1.25. The summed E-state index contributed by atoms with van der Waals surface area (Å²) >= 11 is 0. The Bertz CT molecular complexity index is 170. The molecule has 0 amide bonds. The molecule has 1 aromatic heterocycles. The van der Waals surface area contributed by atoms with E-state index in [4.69, 9.17) is 0 Å². The van der Waals surface area contributed by atoms with Gasteiger partial charge < -0.3 is 0 Å². The van der Waals surface area contributed by atoms with Crippen LogP contribution >= 0.6 is 0 Å². The van der Waals surface area contributed by atoms with Gasteiger partial charge in [-0.3, -0.25) is 0 Å². The van der Waals surface area contributed by atoms with Gasteiger partial charge in [0.05, 0.1) is 11.9 Å². The van der Waals surface area contributed by atoms with Crippen molar-refractivity contribution in [3.63, 3.8) is 0 Å². The third-order valence-corrected chi connectivity index (χ3v) is 0.733. The van der Waals surface area contributed by atoms with E-state index in [0.29, 0.717) is 0 Å². The fourth-order valence-corrected chi connectivity index (χ4v) is 0.359. The van der Waals surface area contributed by atoms with Crippen LogP contribution in [0.2, 0.25) is 0 Å². The summed E-state index contributed by atoms with van der Waals surface area (Å²) in [5.74, 6) is 0. The van der Waals surface area contributed by atoms with Gasteiger partial charge in [0.15, 0.2) is 0 Å². The number of aromatic nitrogens is 3. The molecule has 0 aliphatic rings. The minimum atomic E-state index is 0.750. The van der Waals surface area contributed by atoms with Crippen molar-refractivity contribution in [1.82, 2.24) is 15.4 Å². The number of nitrogens with zero attached hydrogens (tertiary/aromatic N) is 3. The van der Waals surface area contributed by atoms with E-state index < -0.39 is 0 Å². The standard InChI is InChI=1S/C5H5N3/c1-2-5-3-4-6-8-7-5/h2-4H,1H2. The van der Waals surface area contributed by atoms with Crippen LogP contribution in [0, 0.1) is 0 Å². The van der Waals surface area contributed by atoms with Gasteiger partial charge >= 0.3 is 0 Å². The lowest BCUT2D eigenvalue weighted by Gasteiger charge is -1.81. The fraction of sp³-hybridized carbons (Fsp3) is 0. The molecule has 0 bridgehead atoms. The van der Waals surface area contributed by atoms with Crippen molar-refractivity contribution in [2.45, 2.75) is 0 Å². The molecular formula is C5H5N3. The first-order valence-corrected chi connectivity index (χ1v) is 2.20. The second-order valence-electron chi connectivity index (χ2n) is 1.25. The van der Waals surface area contributed by atoms with E-state index in [1.165, 1.54) is 0 Å². The van der Waals surface area contributed by atoms with Crippen molar-refractivity contribution in [2.24, 2.45) is 0 Å². The summed E-state index contributed by atoms with van der Waals surface area (Å²) in [6, 6.07) is 1.74. The Morgan fingerprint density at radius 3 is 2.88 bits per heavy atom. The van der Waals surface area contributed by atoms with Crippen LogP contribution in [0.15, 0.2) is 18.8 Å². The summed E-state index contributed by atoms with van der Waals surface area (Å²) in [6.45, 7) is 3.50. The summed E-state index contributed by atoms with van der Waals surface area (Å²) in [7, 11) is 0. The minimum Gasteiger partial charge on any atom is -0.139 e. The molecular weight excluding hydrogens is 102 g/mol. The smallest absolute Gasteiger partial charge is 0.0885 e. The lowest BCUT2D eigenvalue weighted by molar-refractivity contribution is 0.858. The molecule has 0 saturated heterocycles. The van der Waals surface area contributed by atoms with E-state index in [1.54, 1.807) is 18.3 Å². The highest BCUT2D eigenvalue weighted by molar-refractivity contribution is 5.38. The second-order valence-corrected chi connectivity index (χ2v) is 1.25. The van der Waals surface area contributed by atoms with Gasteiger partial charge in [-0.25, -0.2) is 0 Å². The first-order chi connectivity index (χ1) is 3.93. The number of hydrogen-bond acceptors (Lipinski definition) is 3. The van der Waals surface area contributed by atoms with Crippen molar-refractivity contribution in [3.05, 3.63) is 24.5 Å². The Balaban J connectivity index is 2.99. The predicted molar refractivity (Wildman–Crippen MR) is 29.9 cm³/mol. The summed E-state index contributed by atoms with van der Waals surface area (Å²) in [5, 5.41) is 10.5. The molecule has 1 rings (SSSR count). The van der Waals surface area contributed by atoms with Crippen molar-refractivity contribution < 1.29 is 0 Å². The zero-order valence-corrected chi connectivity index (χ0v) is 4.28. The monoisotopic (exact) mass is 107 g/mol. The molecule has 0 aliphatic carbocycles. The van der Waals surface area contributed by atoms with Crippen molar-refractivity contribution in [1.29, 1.82) is 0 Å². The average molecular weight is 107 g/mol. The van der Waals surface area contributed by atoms with E-state index in [-0.39, 0.29) is 0 Å². The van der Waals surface area contributed by atoms with Crippen molar-refractivity contribution >= 4 is 6.08 Å². The topological polar surface area (TPSA) is 38.7 Å². The largest absolute Gasteiger partial charge is 0.139 e. The fourth-order valence-electron chi connectivity index (χ4n) is 0.359. The van der Waals surface area contributed by atoms with Gasteiger partial charge in [0.1, 0.15) is 0 Å². The van der Waals surface area contributed by atoms with Crippen LogP contribution in [0.25, 0.3) is 6.08 Å². The summed E-state index contributed by atoms with van der Waals surface area (Å²) in [4.78, 5) is 0. The maximum absolute atomic E-state index is 3.62. The van der Waals surface area contributed by atoms with Gasteiger partial charge in [0, 0.05) is 0 Å². The third-order valence-electron chi connectivity index (χ3n) is 0.733. The highest BCUT2D eigenvalue weighted by Crippen LogP contribution is 1.87. The highest BCUT2D eigenvalue weighted by atomic mass is 15.3. The van der Waals surface area contributed by atoms with Crippen LogP contribution in [0.1, 0.15) is 5.69 Å². The zero-order valence-electron chi connectivity index (χ0n) is 4.28. The van der Waals surface area contributed by atoms with E-state index in [1.807, 2.05) is 0 Å². The third kappa shape index (κ3) is 0.872. The summed E-state index contributed by atoms with van der Waals surface area (Å²) < 4.78 is 0. The molecule has 1 aromatic rings. The zero-order chi connectivity index (χ0) is 5.82. The van der Waals surface area contributed by atoms with Crippen LogP contribution in [-0.2, 0) is 0 Å². The van der Waals surface area contributed by atoms with Gasteiger partial charge in [-0.2, -0.15) is 0 Å². The minimum absolute atomic E-state index is 0.750. The van der Waals surface area contributed by atoms with Crippen LogP contribution in [0.4, 0.5) is 0 Å². The molecule has 0 atom stereocenters. The molecule has 0 aliphatic heterocycles. The second kappa shape index (κ2) is 2.16. The molecule has 8 heavy (non-hydrogen) atoms. The van der Waals surface area contributed by atoms with Crippen LogP contribution in [0.3, 0.4) is 0 Å². The van der Waals surface area contributed by atoms with Gasteiger partial charge in [-0.15, -0.1) is 10.2 Å². The Morgan fingerprint density at radius 1 is 1.62 bits per heavy atom. The number of hydrogen-bond donors (Lipinski definition) is 0. The van der Waals surface area contributed by atoms with Gasteiger partial charge in [-0.05, 0) is 17.4 Å². The van der Waals surface area contributed by atoms with Crippen LogP contribution in [0.5, 0.6) is 0 Å². The molecule has 1 heterocycles.